The summed E-state index contributed by atoms with van der Waals surface area (Å²) >= 11 is 0. The van der Waals surface area contributed by atoms with Crippen molar-refractivity contribution in [3.05, 3.63) is 42.5 Å². The molecule has 0 aliphatic carbocycles. The maximum atomic E-state index is 12.4. The van der Waals surface area contributed by atoms with Crippen LogP contribution >= 0.6 is 0 Å². The van der Waals surface area contributed by atoms with Gasteiger partial charge in [0, 0.05) is 38.1 Å². The van der Waals surface area contributed by atoms with Gasteiger partial charge in [-0.25, -0.2) is 12.7 Å². The van der Waals surface area contributed by atoms with Crippen LogP contribution in [0.25, 0.3) is 0 Å². The smallest absolute Gasteiger partial charge is 0.245 e. The molecule has 0 radical (unpaired) electrons. The number of aromatic nitrogens is 3. The van der Waals surface area contributed by atoms with Crippen LogP contribution in [0.5, 0.6) is 0 Å². The van der Waals surface area contributed by atoms with Crippen molar-refractivity contribution in [1.29, 1.82) is 0 Å². The van der Waals surface area contributed by atoms with Gasteiger partial charge >= 0.3 is 0 Å². The van der Waals surface area contributed by atoms with Crippen molar-refractivity contribution in [2.75, 3.05) is 20.2 Å². The van der Waals surface area contributed by atoms with E-state index in [1.54, 1.807) is 6.20 Å². The Morgan fingerprint density at radius 1 is 1.38 bits per heavy atom. The van der Waals surface area contributed by atoms with Crippen LogP contribution in [0.2, 0.25) is 0 Å². The molecule has 0 aliphatic rings. The van der Waals surface area contributed by atoms with Crippen LogP contribution in [-0.4, -0.2) is 52.8 Å². The summed E-state index contributed by atoms with van der Waals surface area (Å²) in [6, 6.07) is 5.55. The molecule has 8 heteroatoms. The molecule has 0 aromatic carbocycles. The topological polar surface area (TPSA) is 88.3 Å². The van der Waals surface area contributed by atoms with E-state index in [9.17, 15) is 8.42 Å². The van der Waals surface area contributed by atoms with E-state index in [0.29, 0.717) is 13.0 Å². The van der Waals surface area contributed by atoms with E-state index >= 15 is 0 Å². The highest BCUT2D eigenvalue weighted by atomic mass is 32.2. The third kappa shape index (κ3) is 3.87. The second-order valence-corrected chi connectivity index (χ2v) is 6.61. The Balaban J connectivity index is 2.04. The maximum Gasteiger partial charge on any atom is 0.245 e. The summed E-state index contributed by atoms with van der Waals surface area (Å²) < 4.78 is 27.4. The van der Waals surface area contributed by atoms with Crippen molar-refractivity contribution in [1.82, 2.24) is 19.1 Å². The molecule has 2 aromatic heterocycles. The molecule has 0 unspecified atom stereocenters. The number of aliphatic hydroxyl groups excluding tert-OH is 1. The molecule has 0 saturated carbocycles. The van der Waals surface area contributed by atoms with E-state index in [4.69, 9.17) is 5.11 Å². The average molecular weight is 310 g/mol. The predicted molar refractivity (Wildman–Crippen MR) is 77.1 cm³/mol. The first-order valence-corrected chi connectivity index (χ1v) is 7.97. The second kappa shape index (κ2) is 6.79. The standard InChI is InChI=1S/C13H18N4O3S/c1-16(7-5-12-4-2-3-6-14-12)21(19,20)13-10-15-17(11-13)8-9-18/h2-4,6,10-11,18H,5,7-9H2,1H3. The Kier molecular flexibility index (Phi) is 5.05. The lowest BCUT2D eigenvalue weighted by atomic mass is 10.3. The first kappa shape index (κ1) is 15.6. The SMILES string of the molecule is CN(CCc1ccccn1)S(=O)(=O)c1cnn(CCO)c1. The monoisotopic (exact) mass is 310 g/mol. The molecular weight excluding hydrogens is 292 g/mol. The van der Waals surface area contributed by atoms with Crippen LogP contribution in [-0.2, 0) is 23.0 Å². The number of pyridine rings is 1. The van der Waals surface area contributed by atoms with Crippen LogP contribution in [0.1, 0.15) is 5.69 Å². The van der Waals surface area contributed by atoms with Gasteiger partial charge in [0.15, 0.2) is 0 Å². The highest BCUT2D eigenvalue weighted by Gasteiger charge is 2.22. The van der Waals surface area contributed by atoms with E-state index in [0.717, 1.165) is 5.69 Å². The van der Waals surface area contributed by atoms with Crippen molar-refractivity contribution in [3.8, 4) is 0 Å². The molecular formula is C13H18N4O3S. The van der Waals surface area contributed by atoms with Gasteiger partial charge in [-0.1, -0.05) is 6.07 Å². The number of hydrogen-bond donors (Lipinski definition) is 1. The lowest BCUT2D eigenvalue weighted by Crippen LogP contribution is -2.29. The highest BCUT2D eigenvalue weighted by Crippen LogP contribution is 2.13. The molecule has 7 nitrogen and oxygen atoms in total. The Labute approximate surface area is 123 Å². The summed E-state index contributed by atoms with van der Waals surface area (Å²) in [7, 11) is -2.04. The van der Waals surface area contributed by atoms with Crippen LogP contribution < -0.4 is 0 Å². The molecule has 2 rings (SSSR count). The summed E-state index contributed by atoms with van der Waals surface area (Å²) in [5, 5.41) is 12.7. The number of nitrogens with zero attached hydrogens (tertiary/aromatic N) is 4. The lowest BCUT2D eigenvalue weighted by molar-refractivity contribution is 0.269. The molecule has 2 aromatic rings. The van der Waals surface area contributed by atoms with Crippen LogP contribution in [0.3, 0.4) is 0 Å². The normalized spacial score (nSPS) is 12.0. The first-order chi connectivity index (χ1) is 10.0. The Morgan fingerprint density at radius 3 is 2.86 bits per heavy atom. The van der Waals surface area contributed by atoms with Gasteiger partial charge in [0.2, 0.25) is 10.0 Å². The van der Waals surface area contributed by atoms with E-state index in [2.05, 4.69) is 10.1 Å². The second-order valence-electron chi connectivity index (χ2n) is 4.56. The highest BCUT2D eigenvalue weighted by molar-refractivity contribution is 7.89. The van der Waals surface area contributed by atoms with E-state index in [1.165, 1.54) is 28.4 Å². The fourth-order valence-corrected chi connectivity index (χ4v) is 2.95. The van der Waals surface area contributed by atoms with Crippen molar-refractivity contribution >= 4 is 10.0 Å². The number of hydrogen-bond acceptors (Lipinski definition) is 5. The zero-order valence-corrected chi connectivity index (χ0v) is 12.6. The van der Waals surface area contributed by atoms with Gasteiger partial charge in [-0.15, -0.1) is 0 Å². The van der Waals surface area contributed by atoms with Crippen molar-refractivity contribution in [2.45, 2.75) is 17.9 Å². The van der Waals surface area contributed by atoms with E-state index in [1.807, 2.05) is 18.2 Å². The summed E-state index contributed by atoms with van der Waals surface area (Å²) in [6.45, 7) is 0.522. The Hall–Kier alpha value is -1.77. The molecule has 1 N–H and O–H groups in total. The van der Waals surface area contributed by atoms with Crippen molar-refractivity contribution in [3.63, 3.8) is 0 Å². The fourth-order valence-electron chi connectivity index (χ4n) is 1.82. The zero-order valence-electron chi connectivity index (χ0n) is 11.8. The van der Waals surface area contributed by atoms with Gasteiger partial charge in [-0.2, -0.15) is 5.10 Å². The van der Waals surface area contributed by atoms with Gasteiger partial charge in [0.25, 0.3) is 0 Å². The third-order valence-corrected chi connectivity index (χ3v) is 4.87. The molecule has 114 valence electrons. The van der Waals surface area contributed by atoms with Gasteiger partial charge in [0.1, 0.15) is 4.90 Å². The number of sulfonamides is 1. The Bertz CT molecular complexity index is 670. The van der Waals surface area contributed by atoms with Crippen molar-refractivity contribution < 1.29 is 13.5 Å². The zero-order chi connectivity index (χ0) is 15.3. The van der Waals surface area contributed by atoms with Gasteiger partial charge in [-0.05, 0) is 12.1 Å². The van der Waals surface area contributed by atoms with Crippen LogP contribution in [0.15, 0.2) is 41.7 Å². The quantitative estimate of drug-likeness (QED) is 0.785. The number of aliphatic hydroxyl groups is 1. The van der Waals surface area contributed by atoms with Crippen LogP contribution in [0, 0.1) is 0 Å². The Morgan fingerprint density at radius 2 is 2.19 bits per heavy atom. The minimum absolute atomic E-state index is 0.0866. The first-order valence-electron chi connectivity index (χ1n) is 6.53. The molecule has 2 heterocycles. The van der Waals surface area contributed by atoms with Crippen molar-refractivity contribution in [2.24, 2.45) is 0 Å². The molecule has 0 atom stereocenters. The molecule has 0 bridgehead atoms. The van der Waals surface area contributed by atoms with Gasteiger partial charge in [0.05, 0.1) is 19.3 Å². The van der Waals surface area contributed by atoms with Crippen LogP contribution in [0.4, 0.5) is 0 Å². The average Bonchev–Trinajstić information content (AvgIpc) is 2.95. The van der Waals surface area contributed by atoms with E-state index < -0.39 is 10.0 Å². The number of rotatable bonds is 7. The molecule has 0 aliphatic heterocycles. The largest absolute Gasteiger partial charge is 0.394 e. The minimum atomic E-state index is -3.57. The van der Waals surface area contributed by atoms with Gasteiger partial charge in [-0.3, -0.25) is 9.67 Å². The third-order valence-electron chi connectivity index (χ3n) is 3.06. The molecule has 0 spiro atoms. The molecule has 0 amide bonds. The van der Waals surface area contributed by atoms with E-state index in [-0.39, 0.29) is 18.0 Å². The maximum absolute atomic E-state index is 12.4. The molecule has 21 heavy (non-hydrogen) atoms. The number of likely N-dealkylation sites (N-methyl/N-ethyl adjacent to an activating group) is 1. The molecule has 0 fully saturated rings. The fraction of sp³-hybridized carbons (Fsp3) is 0.385. The summed E-state index contributed by atoms with van der Waals surface area (Å²) in [5.74, 6) is 0. The van der Waals surface area contributed by atoms with Gasteiger partial charge < -0.3 is 5.11 Å². The lowest BCUT2D eigenvalue weighted by Gasteiger charge is -2.15. The summed E-state index contributed by atoms with van der Waals surface area (Å²) in [5.41, 5.74) is 0.843. The molecule has 0 saturated heterocycles. The summed E-state index contributed by atoms with van der Waals surface area (Å²) in [6.07, 6.45) is 4.94. The summed E-state index contributed by atoms with van der Waals surface area (Å²) in [4.78, 5) is 4.29. The minimum Gasteiger partial charge on any atom is -0.394 e. The predicted octanol–water partition coefficient (Wildman–Crippen LogP) is 0.134.